The fraction of sp³-hybridized carbons (Fsp3) is 0.167. The van der Waals surface area contributed by atoms with Crippen molar-refractivity contribution in [2.75, 3.05) is 19.0 Å². The first kappa shape index (κ1) is 9.65. The summed E-state index contributed by atoms with van der Waals surface area (Å²) in [5.41, 5.74) is 2.19. The average Bonchev–Trinajstić information content (AvgIpc) is 2.30. The Morgan fingerprint density at radius 1 is 0.933 bits per heavy atom. The molecule has 1 aromatic carbocycles. The molecule has 0 bridgehead atoms. The standard InChI is InChI=1S/C12H13N3/c1-15(2)11-7-4-3-6-10(11)12-13-8-5-9-14-12/h3-9H,1-2H3. The van der Waals surface area contributed by atoms with Crippen molar-refractivity contribution in [3.05, 3.63) is 42.7 Å². The first-order chi connectivity index (χ1) is 7.29. The molecular formula is C12H13N3. The third-order valence-electron chi connectivity index (χ3n) is 2.19. The van der Waals surface area contributed by atoms with Gasteiger partial charge in [0.25, 0.3) is 0 Å². The molecule has 0 unspecified atom stereocenters. The molecule has 0 fully saturated rings. The Kier molecular flexibility index (Phi) is 2.63. The molecule has 2 rings (SSSR count). The van der Waals surface area contributed by atoms with Crippen molar-refractivity contribution in [2.45, 2.75) is 0 Å². The van der Waals surface area contributed by atoms with Crippen molar-refractivity contribution < 1.29 is 0 Å². The molecule has 0 aliphatic rings. The maximum absolute atomic E-state index is 4.25. The van der Waals surface area contributed by atoms with E-state index in [4.69, 9.17) is 0 Å². The van der Waals surface area contributed by atoms with Crippen LogP contribution in [-0.4, -0.2) is 24.1 Å². The Labute approximate surface area is 89.4 Å². The van der Waals surface area contributed by atoms with Gasteiger partial charge in [0.05, 0.1) is 0 Å². The van der Waals surface area contributed by atoms with E-state index >= 15 is 0 Å². The van der Waals surface area contributed by atoms with Crippen molar-refractivity contribution >= 4 is 5.69 Å². The lowest BCUT2D eigenvalue weighted by Gasteiger charge is -2.16. The van der Waals surface area contributed by atoms with Gasteiger partial charge in [0.2, 0.25) is 0 Å². The van der Waals surface area contributed by atoms with E-state index in [9.17, 15) is 0 Å². The largest absolute Gasteiger partial charge is 0.377 e. The number of nitrogens with zero attached hydrogens (tertiary/aromatic N) is 3. The zero-order valence-corrected chi connectivity index (χ0v) is 8.88. The summed E-state index contributed by atoms with van der Waals surface area (Å²) in [6, 6.07) is 9.93. The summed E-state index contributed by atoms with van der Waals surface area (Å²) in [5, 5.41) is 0. The molecule has 0 spiro atoms. The summed E-state index contributed by atoms with van der Waals surface area (Å²) < 4.78 is 0. The Morgan fingerprint density at radius 3 is 2.27 bits per heavy atom. The molecular weight excluding hydrogens is 186 g/mol. The van der Waals surface area contributed by atoms with E-state index in [0.717, 1.165) is 17.1 Å². The minimum atomic E-state index is 0.766. The Hall–Kier alpha value is -1.90. The lowest BCUT2D eigenvalue weighted by molar-refractivity contribution is 1.11. The average molecular weight is 199 g/mol. The Morgan fingerprint density at radius 2 is 1.60 bits per heavy atom. The van der Waals surface area contributed by atoms with E-state index in [1.165, 1.54) is 0 Å². The van der Waals surface area contributed by atoms with Crippen LogP contribution in [0.5, 0.6) is 0 Å². The van der Waals surface area contributed by atoms with Crippen LogP contribution in [0, 0.1) is 0 Å². The van der Waals surface area contributed by atoms with Crippen LogP contribution in [0.2, 0.25) is 0 Å². The fourth-order valence-corrected chi connectivity index (χ4v) is 1.49. The first-order valence-electron chi connectivity index (χ1n) is 4.83. The Bertz CT molecular complexity index is 438. The van der Waals surface area contributed by atoms with Gasteiger partial charge in [0.1, 0.15) is 0 Å². The van der Waals surface area contributed by atoms with Crippen LogP contribution < -0.4 is 4.90 Å². The number of anilines is 1. The quantitative estimate of drug-likeness (QED) is 0.742. The number of aromatic nitrogens is 2. The fourth-order valence-electron chi connectivity index (χ4n) is 1.49. The summed E-state index contributed by atoms with van der Waals surface area (Å²) >= 11 is 0. The predicted molar refractivity (Wildman–Crippen MR) is 61.8 cm³/mol. The van der Waals surface area contributed by atoms with Crippen molar-refractivity contribution in [2.24, 2.45) is 0 Å². The monoisotopic (exact) mass is 199 g/mol. The van der Waals surface area contributed by atoms with Gasteiger partial charge in [0, 0.05) is 37.7 Å². The first-order valence-corrected chi connectivity index (χ1v) is 4.83. The molecule has 0 radical (unpaired) electrons. The van der Waals surface area contributed by atoms with Gasteiger partial charge in [-0.3, -0.25) is 0 Å². The second-order valence-corrected chi connectivity index (χ2v) is 3.48. The van der Waals surface area contributed by atoms with Crippen LogP contribution in [0.3, 0.4) is 0 Å². The molecule has 2 aromatic rings. The highest BCUT2D eigenvalue weighted by atomic mass is 15.1. The van der Waals surface area contributed by atoms with Crippen LogP contribution in [0.25, 0.3) is 11.4 Å². The molecule has 1 heterocycles. The van der Waals surface area contributed by atoms with Gasteiger partial charge in [-0.1, -0.05) is 12.1 Å². The van der Waals surface area contributed by atoms with Gasteiger partial charge in [-0.2, -0.15) is 0 Å². The summed E-state index contributed by atoms with van der Waals surface area (Å²) in [5.74, 6) is 0.766. The van der Waals surface area contributed by atoms with E-state index in [0.29, 0.717) is 0 Å². The van der Waals surface area contributed by atoms with Crippen molar-refractivity contribution in [1.82, 2.24) is 9.97 Å². The molecule has 0 amide bonds. The number of hydrogen-bond donors (Lipinski definition) is 0. The topological polar surface area (TPSA) is 29.0 Å². The van der Waals surface area contributed by atoms with Crippen LogP contribution in [-0.2, 0) is 0 Å². The maximum Gasteiger partial charge on any atom is 0.161 e. The minimum absolute atomic E-state index is 0.766. The molecule has 0 N–H and O–H groups in total. The molecule has 0 saturated carbocycles. The zero-order valence-electron chi connectivity index (χ0n) is 8.88. The lowest BCUT2D eigenvalue weighted by Crippen LogP contribution is -2.10. The summed E-state index contributed by atoms with van der Waals surface area (Å²) in [7, 11) is 4.03. The number of rotatable bonds is 2. The van der Waals surface area contributed by atoms with Crippen molar-refractivity contribution in [1.29, 1.82) is 0 Å². The third kappa shape index (κ3) is 1.96. The molecule has 15 heavy (non-hydrogen) atoms. The summed E-state index contributed by atoms with van der Waals surface area (Å²) in [4.78, 5) is 10.6. The molecule has 3 heteroatoms. The molecule has 0 aliphatic heterocycles. The summed E-state index contributed by atoms with van der Waals surface area (Å²) in [6.07, 6.45) is 3.52. The maximum atomic E-state index is 4.25. The highest BCUT2D eigenvalue weighted by Crippen LogP contribution is 2.25. The van der Waals surface area contributed by atoms with E-state index in [2.05, 4.69) is 20.9 Å². The normalized spacial score (nSPS) is 10.0. The lowest BCUT2D eigenvalue weighted by atomic mass is 10.1. The molecule has 0 saturated heterocycles. The van der Waals surface area contributed by atoms with Crippen LogP contribution in [0.15, 0.2) is 42.7 Å². The molecule has 1 aromatic heterocycles. The molecule has 0 aliphatic carbocycles. The zero-order chi connectivity index (χ0) is 10.7. The van der Waals surface area contributed by atoms with Crippen LogP contribution in [0.1, 0.15) is 0 Å². The van der Waals surface area contributed by atoms with Gasteiger partial charge >= 0.3 is 0 Å². The van der Waals surface area contributed by atoms with Crippen molar-refractivity contribution in [3.63, 3.8) is 0 Å². The van der Waals surface area contributed by atoms with E-state index in [1.807, 2.05) is 38.4 Å². The minimum Gasteiger partial charge on any atom is -0.377 e. The molecule has 3 nitrogen and oxygen atoms in total. The van der Waals surface area contributed by atoms with Crippen LogP contribution >= 0.6 is 0 Å². The van der Waals surface area contributed by atoms with E-state index in [1.54, 1.807) is 12.4 Å². The van der Waals surface area contributed by atoms with Gasteiger partial charge in [0.15, 0.2) is 5.82 Å². The highest BCUT2D eigenvalue weighted by Gasteiger charge is 2.07. The predicted octanol–water partition coefficient (Wildman–Crippen LogP) is 2.21. The van der Waals surface area contributed by atoms with E-state index < -0.39 is 0 Å². The second kappa shape index (κ2) is 4.09. The Balaban J connectivity index is 2.53. The molecule has 0 atom stereocenters. The van der Waals surface area contributed by atoms with E-state index in [-0.39, 0.29) is 0 Å². The number of benzene rings is 1. The SMILES string of the molecule is CN(C)c1ccccc1-c1ncccn1. The number of hydrogen-bond acceptors (Lipinski definition) is 3. The third-order valence-corrected chi connectivity index (χ3v) is 2.19. The number of para-hydroxylation sites is 1. The van der Waals surface area contributed by atoms with Gasteiger partial charge in [-0.05, 0) is 18.2 Å². The second-order valence-electron chi connectivity index (χ2n) is 3.48. The van der Waals surface area contributed by atoms with Gasteiger partial charge in [-0.25, -0.2) is 9.97 Å². The highest BCUT2D eigenvalue weighted by molar-refractivity contribution is 5.73. The summed E-state index contributed by atoms with van der Waals surface area (Å²) in [6.45, 7) is 0. The molecule has 76 valence electrons. The van der Waals surface area contributed by atoms with Crippen molar-refractivity contribution in [3.8, 4) is 11.4 Å². The smallest absolute Gasteiger partial charge is 0.161 e. The van der Waals surface area contributed by atoms with Gasteiger partial charge < -0.3 is 4.90 Å². The van der Waals surface area contributed by atoms with Gasteiger partial charge in [-0.15, -0.1) is 0 Å². The van der Waals surface area contributed by atoms with Crippen LogP contribution in [0.4, 0.5) is 5.69 Å².